The zero-order valence-electron chi connectivity index (χ0n) is 15.6. The minimum Gasteiger partial charge on any atom is -0.491 e. The highest BCUT2D eigenvalue weighted by Crippen LogP contribution is 2.47. The van der Waals surface area contributed by atoms with Crippen LogP contribution in [0.4, 0.5) is 15.8 Å². The van der Waals surface area contributed by atoms with E-state index in [1.807, 2.05) is 30.3 Å². The van der Waals surface area contributed by atoms with Gasteiger partial charge in [-0.15, -0.1) is 0 Å². The molecule has 4 rings (SSSR count). The van der Waals surface area contributed by atoms with Gasteiger partial charge >= 0.3 is 0 Å². The molecule has 0 aliphatic carbocycles. The minimum absolute atomic E-state index is 0.0491. The Morgan fingerprint density at radius 2 is 1.74 bits per heavy atom. The van der Waals surface area contributed by atoms with E-state index in [9.17, 15) is 4.39 Å². The van der Waals surface area contributed by atoms with E-state index >= 15 is 0 Å². The summed E-state index contributed by atoms with van der Waals surface area (Å²) in [6.07, 6.45) is 0. The van der Waals surface area contributed by atoms with E-state index in [0.29, 0.717) is 5.75 Å². The van der Waals surface area contributed by atoms with E-state index in [4.69, 9.17) is 10.5 Å². The molecule has 1 aliphatic heterocycles. The Hall–Kier alpha value is -3.01. The SMILES string of the molecule is Cc1ccc2c(c1)N(C)C(c1ccc(OCCF)cc1)c1cc(N)ccc1-2. The van der Waals surface area contributed by atoms with Crippen LogP contribution in [0.5, 0.6) is 5.75 Å². The first kappa shape index (κ1) is 17.4. The van der Waals surface area contributed by atoms with Crippen molar-refractivity contribution in [3.8, 4) is 16.9 Å². The number of benzene rings is 3. The van der Waals surface area contributed by atoms with Crippen molar-refractivity contribution in [3.63, 3.8) is 0 Å². The lowest BCUT2D eigenvalue weighted by molar-refractivity contribution is 0.273. The van der Waals surface area contributed by atoms with Crippen molar-refractivity contribution in [2.24, 2.45) is 0 Å². The Morgan fingerprint density at radius 3 is 2.48 bits per heavy atom. The fourth-order valence-electron chi connectivity index (χ4n) is 3.87. The fraction of sp³-hybridized carbons (Fsp3) is 0.217. The molecular formula is C23H23FN2O. The number of fused-ring (bicyclic) bond motifs is 3. The maximum atomic E-state index is 12.3. The standard InChI is InChI=1S/C23H23FN2O/c1-15-3-9-20-19-10-6-17(25)14-21(19)23(26(2)22(20)13-15)16-4-7-18(8-5-16)27-12-11-24/h3-10,13-14,23H,11-12,25H2,1-2H3. The zero-order chi connectivity index (χ0) is 19.0. The van der Waals surface area contributed by atoms with Crippen molar-refractivity contribution >= 4 is 11.4 Å². The Balaban J connectivity index is 1.82. The summed E-state index contributed by atoms with van der Waals surface area (Å²) in [5, 5.41) is 0. The summed E-state index contributed by atoms with van der Waals surface area (Å²) in [6, 6.07) is 20.6. The van der Waals surface area contributed by atoms with Crippen molar-refractivity contribution in [2.75, 3.05) is 31.0 Å². The normalized spacial score (nSPS) is 15.2. The monoisotopic (exact) mass is 362 g/mol. The van der Waals surface area contributed by atoms with Crippen molar-refractivity contribution in [1.82, 2.24) is 0 Å². The average Bonchev–Trinajstić information content (AvgIpc) is 2.67. The van der Waals surface area contributed by atoms with Gasteiger partial charge in [0.05, 0.1) is 6.04 Å². The topological polar surface area (TPSA) is 38.5 Å². The second-order valence-corrected chi connectivity index (χ2v) is 6.99. The van der Waals surface area contributed by atoms with Crippen molar-refractivity contribution in [3.05, 3.63) is 77.4 Å². The summed E-state index contributed by atoms with van der Waals surface area (Å²) < 4.78 is 17.7. The lowest BCUT2D eigenvalue weighted by atomic mass is 9.84. The van der Waals surface area contributed by atoms with Gasteiger partial charge in [0.2, 0.25) is 0 Å². The third-order valence-electron chi connectivity index (χ3n) is 5.12. The van der Waals surface area contributed by atoms with Crippen LogP contribution in [-0.4, -0.2) is 20.3 Å². The molecule has 3 nitrogen and oxygen atoms in total. The summed E-state index contributed by atoms with van der Waals surface area (Å²) in [5.74, 6) is 0.680. The first-order valence-electron chi connectivity index (χ1n) is 9.10. The van der Waals surface area contributed by atoms with Crippen LogP contribution in [0.1, 0.15) is 22.7 Å². The molecule has 0 fully saturated rings. The van der Waals surface area contributed by atoms with Gasteiger partial charge in [-0.1, -0.05) is 30.3 Å². The zero-order valence-corrected chi connectivity index (χ0v) is 15.6. The molecule has 0 radical (unpaired) electrons. The first-order chi connectivity index (χ1) is 13.1. The number of anilines is 2. The minimum atomic E-state index is -0.490. The highest BCUT2D eigenvalue weighted by molar-refractivity contribution is 5.86. The number of hydrogen-bond acceptors (Lipinski definition) is 3. The number of halogens is 1. The number of nitrogen functional groups attached to an aromatic ring is 1. The van der Waals surface area contributed by atoms with Crippen LogP contribution in [0, 0.1) is 6.92 Å². The van der Waals surface area contributed by atoms with Crippen LogP contribution in [0.2, 0.25) is 0 Å². The second kappa shape index (κ2) is 6.95. The predicted octanol–water partition coefficient (Wildman–Crippen LogP) is 5.13. The Bertz CT molecular complexity index is 969. The van der Waals surface area contributed by atoms with Gasteiger partial charge in [0, 0.05) is 24.0 Å². The average molecular weight is 362 g/mol. The van der Waals surface area contributed by atoms with Gasteiger partial charge in [-0.3, -0.25) is 0 Å². The van der Waals surface area contributed by atoms with Crippen LogP contribution in [-0.2, 0) is 0 Å². The molecule has 2 N–H and O–H groups in total. The van der Waals surface area contributed by atoms with E-state index < -0.39 is 6.67 Å². The summed E-state index contributed by atoms with van der Waals surface area (Å²) in [7, 11) is 2.11. The molecule has 0 spiro atoms. The number of nitrogens with zero attached hydrogens (tertiary/aromatic N) is 1. The molecule has 0 saturated carbocycles. The van der Waals surface area contributed by atoms with Crippen LogP contribution in [0.3, 0.4) is 0 Å². The predicted molar refractivity (Wildman–Crippen MR) is 109 cm³/mol. The molecule has 4 heteroatoms. The number of ether oxygens (including phenoxy) is 1. The van der Waals surface area contributed by atoms with Gasteiger partial charge in [-0.25, -0.2) is 4.39 Å². The molecule has 1 unspecified atom stereocenters. The van der Waals surface area contributed by atoms with Gasteiger partial charge in [0.15, 0.2) is 0 Å². The quantitative estimate of drug-likeness (QED) is 0.654. The lowest BCUT2D eigenvalue weighted by Crippen LogP contribution is -2.29. The molecule has 0 saturated heterocycles. The molecule has 0 aromatic heterocycles. The fourth-order valence-corrected chi connectivity index (χ4v) is 3.87. The third kappa shape index (κ3) is 3.12. The molecule has 0 bridgehead atoms. The molecule has 3 aromatic rings. The van der Waals surface area contributed by atoms with E-state index in [-0.39, 0.29) is 12.6 Å². The number of rotatable bonds is 4. The lowest BCUT2D eigenvalue weighted by Gasteiger charge is -2.38. The molecule has 1 aliphatic rings. The molecule has 138 valence electrons. The van der Waals surface area contributed by atoms with Gasteiger partial charge in [-0.2, -0.15) is 0 Å². The number of alkyl halides is 1. The number of aryl methyl sites for hydroxylation is 1. The smallest absolute Gasteiger partial charge is 0.123 e. The maximum Gasteiger partial charge on any atom is 0.123 e. The third-order valence-corrected chi connectivity index (χ3v) is 5.12. The Labute approximate surface area is 159 Å². The summed E-state index contributed by atoms with van der Waals surface area (Å²) >= 11 is 0. The Kier molecular flexibility index (Phi) is 4.48. The van der Waals surface area contributed by atoms with Crippen molar-refractivity contribution < 1.29 is 9.13 Å². The van der Waals surface area contributed by atoms with E-state index in [0.717, 1.165) is 11.3 Å². The van der Waals surface area contributed by atoms with Gasteiger partial charge in [-0.05, 0) is 59.5 Å². The summed E-state index contributed by atoms with van der Waals surface area (Å²) in [6.45, 7) is 1.70. The van der Waals surface area contributed by atoms with E-state index in [2.05, 4.69) is 49.2 Å². The van der Waals surface area contributed by atoms with Crippen LogP contribution in [0.15, 0.2) is 60.7 Å². The largest absolute Gasteiger partial charge is 0.491 e. The summed E-state index contributed by atoms with van der Waals surface area (Å²) in [5.41, 5.74) is 14.1. The molecule has 27 heavy (non-hydrogen) atoms. The molecule has 3 aromatic carbocycles. The molecule has 0 amide bonds. The van der Waals surface area contributed by atoms with Gasteiger partial charge in [0.25, 0.3) is 0 Å². The van der Waals surface area contributed by atoms with Crippen LogP contribution >= 0.6 is 0 Å². The number of nitrogens with two attached hydrogens (primary N) is 1. The van der Waals surface area contributed by atoms with Crippen molar-refractivity contribution in [1.29, 1.82) is 0 Å². The second-order valence-electron chi connectivity index (χ2n) is 6.99. The Morgan fingerprint density at radius 1 is 1.00 bits per heavy atom. The van der Waals surface area contributed by atoms with E-state index in [1.54, 1.807) is 0 Å². The van der Waals surface area contributed by atoms with E-state index in [1.165, 1.54) is 27.9 Å². The van der Waals surface area contributed by atoms with Crippen molar-refractivity contribution in [2.45, 2.75) is 13.0 Å². The molecular weight excluding hydrogens is 339 g/mol. The van der Waals surface area contributed by atoms with Crippen LogP contribution < -0.4 is 15.4 Å². The van der Waals surface area contributed by atoms with Gasteiger partial charge < -0.3 is 15.4 Å². The van der Waals surface area contributed by atoms with Gasteiger partial charge in [0.1, 0.15) is 19.0 Å². The highest BCUT2D eigenvalue weighted by atomic mass is 19.1. The molecule has 1 heterocycles. The van der Waals surface area contributed by atoms with Crippen LogP contribution in [0.25, 0.3) is 11.1 Å². The first-order valence-corrected chi connectivity index (χ1v) is 9.10. The number of hydrogen-bond donors (Lipinski definition) is 1. The molecule has 1 atom stereocenters. The summed E-state index contributed by atoms with van der Waals surface area (Å²) in [4.78, 5) is 2.29. The maximum absolute atomic E-state index is 12.3. The highest BCUT2D eigenvalue weighted by Gasteiger charge is 2.30.